The Morgan fingerprint density at radius 3 is 3.00 bits per heavy atom. The van der Waals surface area contributed by atoms with Gasteiger partial charge in [-0.05, 0) is 44.2 Å². The molecule has 1 aromatic heterocycles. The molecular weight excluding hydrogens is 300 g/mol. The summed E-state index contributed by atoms with van der Waals surface area (Å²) in [6.07, 6.45) is 4.66. The van der Waals surface area contributed by atoms with Crippen LogP contribution >= 0.6 is 0 Å². The molecule has 1 aromatic carbocycles. The lowest BCUT2D eigenvalue weighted by Crippen LogP contribution is -2.20. The molecule has 0 radical (unpaired) electrons. The molecule has 122 valence electrons. The van der Waals surface area contributed by atoms with Crippen molar-refractivity contribution in [3.63, 3.8) is 0 Å². The van der Waals surface area contributed by atoms with Crippen molar-refractivity contribution >= 4 is 11.7 Å². The molecule has 0 saturated heterocycles. The maximum atomic E-state index is 12.7. The van der Waals surface area contributed by atoms with E-state index < -0.39 is 0 Å². The molecule has 0 bridgehead atoms. The van der Waals surface area contributed by atoms with Crippen LogP contribution in [0.5, 0.6) is 0 Å². The van der Waals surface area contributed by atoms with Crippen LogP contribution in [0.1, 0.15) is 49.4 Å². The smallest absolute Gasteiger partial charge is 0.229 e. The summed E-state index contributed by atoms with van der Waals surface area (Å²) < 4.78 is 1.71. The zero-order valence-electron chi connectivity index (χ0n) is 13.9. The molecule has 1 spiro atoms. The summed E-state index contributed by atoms with van der Waals surface area (Å²) in [5.74, 6) is 0.346. The average molecular weight is 320 g/mol. The zero-order valence-corrected chi connectivity index (χ0v) is 13.9. The van der Waals surface area contributed by atoms with Gasteiger partial charge in [0.05, 0.1) is 0 Å². The van der Waals surface area contributed by atoms with Crippen molar-refractivity contribution < 1.29 is 4.79 Å². The Labute approximate surface area is 141 Å². The third-order valence-corrected chi connectivity index (χ3v) is 5.41. The number of fused-ring (bicyclic) bond motifs is 2. The maximum Gasteiger partial charge on any atom is 0.229 e. The van der Waals surface area contributed by atoms with Crippen LogP contribution in [0, 0.1) is 17.2 Å². The molecule has 2 aromatic rings. The predicted octanol–water partition coefficient (Wildman–Crippen LogP) is 3.18. The molecule has 5 heteroatoms. The summed E-state index contributed by atoms with van der Waals surface area (Å²) in [5.41, 5.74) is 3.13. The van der Waals surface area contributed by atoms with Crippen LogP contribution in [0.2, 0.25) is 0 Å². The van der Waals surface area contributed by atoms with Gasteiger partial charge in [-0.2, -0.15) is 10.4 Å². The fraction of sp³-hybridized carbons (Fsp3) is 0.421. The molecule has 4 rings (SSSR count). The molecular formula is C19H20N4O. The van der Waals surface area contributed by atoms with Crippen LogP contribution in [-0.4, -0.2) is 15.7 Å². The quantitative estimate of drug-likeness (QED) is 0.944. The van der Waals surface area contributed by atoms with E-state index in [9.17, 15) is 10.1 Å². The number of nitrogens with zero attached hydrogens (tertiary/aromatic N) is 3. The van der Waals surface area contributed by atoms with E-state index in [-0.39, 0.29) is 23.3 Å². The van der Waals surface area contributed by atoms with Crippen molar-refractivity contribution in [1.82, 2.24) is 9.78 Å². The van der Waals surface area contributed by atoms with Gasteiger partial charge in [-0.3, -0.25) is 9.48 Å². The van der Waals surface area contributed by atoms with E-state index in [1.165, 1.54) is 11.1 Å². The molecule has 1 heterocycles. The molecule has 0 unspecified atom stereocenters. The number of hydrogen-bond donors (Lipinski definition) is 1. The Morgan fingerprint density at radius 1 is 1.46 bits per heavy atom. The van der Waals surface area contributed by atoms with E-state index in [1.54, 1.807) is 10.9 Å². The number of carbonyl (C=O) groups excluding carboxylic acids is 1. The lowest BCUT2D eigenvalue weighted by Gasteiger charge is -2.11. The fourth-order valence-corrected chi connectivity index (χ4v) is 3.97. The number of carbonyl (C=O) groups is 1. The number of anilines is 1. The van der Waals surface area contributed by atoms with Crippen LogP contribution in [0.4, 0.5) is 5.82 Å². The summed E-state index contributed by atoms with van der Waals surface area (Å²) in [6, 6.07) is 10.7. The third-order valence-electron chi connectivity index (χ3n) is 5.41. The van der Waals surface area contributed by atoms with Gasteiger partial charge in [0.2, 0.25) is 5.91 Å². The number of benzene rings is 1. The topological polar surface area (TPSA) is 70.7 Å². The minimum atomic E-state index is -0.0168. The summed E-state index contributed by atoms with van der Waals surface area (Å²) in [4.78, 5) is 12.7. The zero-order chi connectivity index (χ0) is 16.9. The normalized spacial score (nSPS) is 24.0. The van der Waals surface area contributed by atoms with Crippen LogP contribution in [0.3, 0.4) is 0 Å². The van der Waals surface area contributed by atoms with Crippen molar-refractivity contribution in [3.05, 3.63) is 47.2 Å². The predicted molar refractivity (Wildman–Crippen MR) is 90.5 cm³/mol. The van der Waals surface area contributed by atoms with Gasteiger partial charge in [-0.15, -0.1) is 0 Å². The summed E-state index contributed by atoms with van der Waals surface area (Å²) in [7, 11) is 0. The van der Waals surface area contributed by atoms with Crippen LogP contribution in [0.15, 0.2) is 30.5 Å². The number of amides is 1. The molecule has 1 saturated carbocycles. The number of aryl methyl sites for hydroxylation is 1. The van der Waals surface area contributed by atoms with Gasteiger partial charge in [0.25, 0.3) is 0 Å². The first-order valence-corrected chi connectivity index (χ1v) is 8.43. The van der Waals surface area contributed by atoms with E-state index >= 15 is 0 Å². The lowest BCUT2D eigenvalue weighted by molar-refractivity contribution is -0.117. The van der Waals surface area contributed by atoms with Gasteiger partial charge >= 0.3 is 0 Å². The number of nitrogens with one attached hydrogen (secondary N) is 1. The highest BCUT2D eigenvalue weighted by molar-refractivity contribution is 5.96. The number of aromatic nitrogens is 2. The lowest BCUT2D eigenvalue weighted by atomic mass is 9.95. The van der Waals surface area contributed by atoms with Crippen molar-refractivity contribution in [2.45, 2.75) is 44.6 Å². The second kappa shape index (κ2) is 5.20. The first kappa shape index (κ1) is 14.9. The highest BCUT2D eigenvalue weighted by atomic mass is 16.2. The highest BCUT2D eigenvalue weighted by Gasteiger charge is 2.61. The van der Waals surface area contributed by atoms with Crippen LogP contribution in [0.25, 0.3) is 0 Å². The summed E-state index contributed by atoms with van der Waals surface area (Å²) in [6.45, 7) is 3.98. The van der Waals surface area contributed by atoms with Gasteiger partial charge < -0.3 is 5.32 Å². The maximum absolute atomic E-state index is 12.7. The fourth-order valence-electron chi connectivity index (χ4n) is 3.97. The number of rotatable bonds is 3. The van der Waals surface area contributed by atoms with Crippen LogP contribution < -0.4 is 5.32 Å². The average Bonchev–Trinajstić information content (AvgIpc) is 2.98. The van der Waals surface area contributed by atoms with Crippen molar-refractivity contribution in [2.24, 2.45) is 5.92 Å². The summed E-state index contributed by atoms with van der Waals surface area (Å²) in [5, 5.41) is 16.5. The minimum Gasteiger partial charge on any atom is -0.308 e. The Kier molecular flexibility index (Phi) is 3.24. The second-order valence-electron chi connectivity index (χ2n) is 7.14. The molecule has 1 amide bonds. The molecule has 0 aliphatic heterocycles. The highest BCUT2D eigenvalue weighted by Crippen LogP contribution is 2.61. The molecule has 1 fully saturated rings. The van der Waals surface area contributed by atoms with Gasteiger partial charge in [0, 0.05) is 23.6 Å². The third kappa shape index (κ3) is 2.14. The minimum absolute atomic E-state index is 0.00803. The van der Waals surface area contributed by atoms with Crippen molar-refractivity contribution in [1.29, 1.82) is 5.26 Å². The molecule has 24 heavy (non-hydrogen) atoms. The van der Waals surface area contributed by atoms with Gasteiger partial charge in [-0.1, -0.05) is 24.3 Å². The van der Waals surface area contributed by atoms with E-state index in [4.69, 9.17) is 0 Å². The Hall–Kier alpha value is -2.61. The molecule has 2 aliphatic carbocycles. The molecule has 2 atom stereocenters. The SMILES string of the molecule is CC(C)n1cc(C#N)c(NC(=O)[C@H]2C[C@@]23CCc2ccccc23)n1. The monoisotopic (exact) mass is 320 g/mol. The Morgan fingerprint density at radius 2 is 2.25 bits per heavy atom. The summed E-state index contributed by atoms with van der Waals surface area (Å²) >= 11 is 0. The Balaban J connectivity index is 1.55. The van der Waals surface area contributed by atoms with Crippen LogP contribution in [-0.2, 0) is 16.6 Å². The molecule has 1 N–H and O–H groups in total. The van der Waals surface area contributed by atoms with Gasteiger partial charge in [0.15, 0.2) is 5.82 Å². The van der Waals surface area contributed by atoms with Crippen molar-refractivity contribution in [2.75, 3.05) is 5.32 Å². The first-order valence-electron chi connectivity index (χ1n) is 8.43. The largest absolute Gasteiger partial charge is 0.308 e. The van der Waals surface area contributed by atoms with E-state index in [1.807, 2.05) is 13.8 Å². The van der Waals surface area contributed by atoms with Crippen molar-refractivity contribution in [3.8, 4) is 6.07 Å². The van der Waals surface area contributed by atoms with Gasteiger partial charge in [-0.25, -0.2) is 0 Å². The second-order valence-corrected chi connectivity index (χ2v) is 7.14. The van der Waals surface area contributed by atoms with E-state index in [0.717, 1.165) is 19.3 Å². The van der Waals surface area contributed by atoms with E-state index in [0.29, 0.717) is 11.4 Å². The number of nitriles is 1. The first-order chi connectivity index (χ1) is 11.5. The Bertz CT molecular complexity index is 860. The standard InChI is InChI=1S/C19H20N4O/c1-12(2)23-11-14(10-20)17(22-23)21-18(24)16-9-19(16)8-7-13-5-3-4-6-15(13)19/h3-6,11-12,16H,7-9H2,1-2H3,(H,21,22,24)/t16-,19-/m1/s1. The molecule has 5 nitrogen and oxygen atoms in total. The number of hydrogen-bond acceptors (Lipinski definition) is 3. The van der Waals surface area contributed by atoms with Gasteiger partial charge in [0.1, 0.15) is 11.6 Å². The van der Waals surface area contributed by atoms with E-state index in [2.05, 4.69) is 40.8 Å². The molecule has 2 aliphatic rings.